The van der Waals surface area contributed by atoms with Crippen LogP contribution in [-0.2, 0) is 0 Å². The molecule has 5 N–H and O–H groups in total. The Labute approximate surface area is 158 Å². The molecular formula is C14H20N6O8. The summed E-state index contributed by atoms with van der Waals surface area (Å²) in [7, 11) is 0. The molecule has 0 radical (unpaired) electrons. The predicted molar refractivity (Wildman–Crippen MR) is 95.9 cm³/mol. The smallest absolute Gasteiger partial charge is 0.324 e. The number of benzene rings is 1. The van der Waals surface area contributed by atoms with E-state index < -0.39 is 43.6 Å². The topological polar surface area (TPSA) is 217 Å². The molecule has 0 unspecified atom stereocenters. The van der Waals surface area contributed by atoms with E-state index in [1.807, 2.05) is 0 Å². The number of phenolic OH excluding ortho intramolecular Hbond substituents is 1. The number of rotatable bonds is 6. The van der Waals surface area contributed by atoms with Gasteiger partial charge < -0.3 is 21.5 Å². The van der Waals surface area contributed by atoms with Gasteiger partial charge in [-0.1, -0.05) is 0 Å². The fraction of sp³-hybridized carbons (Fsp3) is 0.500. The Balaban J connectivity index is 0.000000292. The highest BCUT2D eigenvalue weighted by atomic mass is 16.6. The second-order valence-corrected chi connectivity index (χ2v) is 5.88. The molecular weight excluding hydrogens is 380 g/mol. The van der Waals surface area contributed by atoms with E-state index in [4.69, 9.17) is 10.8 Å². The number of nitrogens with zero attached hydrogens (tertiary/aromatic N) is 3. The highest BCUT2D eigenvalue weighted by Crippen LogP contribution is 2.38. The summed E-state index contributed by atoms with van der Waals surface area (Å²) in [6, 6.07) is 0.480. The lowest BCUT2D eigenvalue weighted by atomic mass is 9.95. The molecule has 2 amide bonds. The minimum Gasteiger partial charge on any atom is -0.497 e. The van der Waals surface area contributed by atoms with E-state index in [0.717, 1.165) is 32.0 Å². The molecule has 1 aliphatic heterocycles. The Morgan fingerprint density at radius 2 is 1.61 bits per heavy atom. The van der Waals surface area contributed by atoms with Crippen molar-refractivity contribution >= 4 is 23.1 Å². The van der Waals surface area contributed by atoms with Crippen LogP contribution in [0.2, 0.25) is 0 Å². The van der Waals surface area contributed by atoms with Gasteiger partial charge in [0.25, 0.3) is 11.4 Å². The van der Waals surface area contributed by atoms with E-state index in [1.165, 1.54) is 12.8 Å². The van der Waals surface area contributed by atoms with Gasteiger partial charge in [0.05, 0.1) is 26.9 Å². The maximum atomic E-state index is 10.4. The molecule has 0 aromatic heterocycles. The zero-order valence-corrected chi connectivity index (χ0v) is 14.7. The van der Waals surface area contributed by atoms with Gasteiger partial charge >= 0.3 is 17.4 Å². The Hall–Kier alpha value is -3.55. The van der Waals surface area contributed by atoms with Crippen molar-refractivity contribution in [3.8, 4) is 5.75 Å². The Bertz CT molecular complexity index is 714. The van der Waals surface area contributed by atoms with Gasteiger partial charge in [-0.2, -0.15) is 0 Å². The second kappa shape index (κ2) is 10.6. The average Bonchev–Trinajstić information content (AvgIpc) is 2.62. The molecule has 14 heteroatoms. The Kier molecular flexibility index (Phi) is 8.48. The largest absolute Gasteiger partial charge is 0.497 e. The van der Waals surface area contributed by atoms with Crippen molar-refractivity contribution in [1.29, 1.82) is 0 Å². The quantitative estimate of drug-likeness (QED) is 0.397. The number of nitro benzene ring substituents is 3. The van der Waals surface area contributed by atoms with Crippen molar-refractivity contribution in [2.75, 3.05) is 19.6 Å². The van der Waals surface area contributed by atoms with Crippen molar-refractivity contribution < 1.29 is 24.7 Å². The van der Waals surface area contributed by atoms with Crippen molar-refractivity contribution in [2.45, 2.75) is 19.3 Å². The van der Waals surface area contributed by atoms with Gasteiger partial charge in [0.1, 0.15) is 0 Å². The standard InChI is InChI=1S/C8H17N3O.C6H3N3O7/c9-8(12)11-6-3-7-1-4-10-5-2-7;10-6-4(8(13)14)1-3(7(11)12)2-5(6)9(15)16/h7,10H,1-6H2,(H3,9,11,12);1-2,10H. The maximum Gasteiger partial charge on any atom is 0.324 e. The summed E-state index contributed by atoms with van der Waals surface area (Å²) < 4.78 is 0. The first-order valence-corrected chi connectivity index (χ1v) is 8.17. The maximum absolute atomic E-state index is 10.4. The van der Waals surface area contributed by atoms with Crippen LogP contribution in [0, 0.1) is 36.3 Å². The van der Waals surface area contributed by atoms with Crippen LogP contribution in [0.4, 0.5) is 21.9 Å². The van der Waals surface area contributed by atoms with Gasteiger partial charge in [-0.25, -0.2) is 4.79 Å². The number of amides is 2. The number of nitrogens with two attached hydrogens (primary N) is 1. The van der Waals surface area contributed by atoms with Gasteiger partial charge in [0, 0.05) is 6.54 Å². The van der Waals surface area contributed by atoms with Gasteiger partial charge in [0.2, 0.25) is 0 Å². The van der Waals surface area contributed by atoms with Crippen LogP contribution in [0.15, 0.2) is 12.1 Å². The lowest BCUT2D eigenvalue weighted by Gasteiger charge is -2.22. The van der Waals surface area contributed by atoms with E-state index >= 15 is 0 Å². The molecule has 1 aromatic rings. The third-order valence-corrected chi connectivity index (χ3v) is 3.97. The van der Waals surface area contributed by atoms with Crippen molar-refractivity contribution in [2.24, 2.45) is 11.7 Å². The third kappa shape index (κ3) is 6.99. The number of hydrogen-bond donors (Lipinski definition) is 4. The summed E-state index contributed by atoms with van der Waals surface area (Å²) in [6.07, 6.45) is 3.51. The number of non-ortho nitro benzene ring substituents is 1. The number of piperidine rings is 1. The summed E-state index contributed by atoms with van der Waals surface area (Å²) in [5, 5.41) is 46.1. The number of carbonyl (C=O) groups is 1. The number of hydrogen-bond acceptors (Lipinski definition) is 9. The van der Waals surface area contributed by atoms with Crippen LogP contribution >= 0.6 is 0 Å². The number of primary amides is 1. The van der Waals surface area contributed by atoms with Gasteiger partial charge in [0.15, 0.2) is 0 Å². The van der Waals surface area contributed by atoms with E-state index in [9.17, 15) is 35.1 Å². The van der Waals surface area contributed by atoms with E-state index in [-0.39, 0.29) is 0 Å². The van der Waals surface area contributed by atoms with Crippen LogP contribution in [0.25, 0.3) is 0 Å². The number of aromatic hydroxyl groups is 1. The number of nitro groups is 3. The van der Waals surface area contributed by atoms with Crippen LogP contribution in [-0.4, -0.2) is 45.5 Å². The third-order valence-electron chi connectivity index (χ3n) is 3.97. The molecule has 28 heavy (non-hydrogen) atoms. The fourth-order valence-electron chi connectivity index (χ4n) is 2.54. The molecule has 2 rings (SSSR count). The second-order valence-electron chi connectivity index (χ2n) is 5.88. The molecule has 1 saturated heterocycles. The van der Waals surface area contributed by atoms with Crippen LogP contribution < -0.4 is 16.4 Å². The van der Waals surface area contributed by atoms with Crippen molar-refractivity contribution in [1.82, 2.24) is 10.6 Å². The van der Waals surface area contributed by atoms with E-state index in [0.29, 0.717) is 12.1 Å². The summed E-state index contributed by atoms with van der Waals surface area (Å²) >= 11 is 0. The molecule has 14 nitrogen and oxygen atoms in total. The highest BCUT2D eigenvalue weighted by molar-refractivity contribution is 5.71. The van der Waals surface area contributed by atoms with Gasteiger partial charge in [-0.3, -0.25) is 30.3 Å². The van der Waals surface area contributed by atoms with E-state index in [1.54, 1.807) is 0 Å². The first-order valence-electron chi connectivity index (χ1n) is 8.17. The summed E-state index contributed by atoms with van der Waals surface area (Å²) in [5.41, 5.74) is 1.94. The molecule has 1 heterocycles. The molecule has 0 saturated carbocycles. The van der Waals surface area contributed by atoms with Crippen LogP contribution in [0.3, 0.4) is 0 Å². The van der Waals surface area contributed by atoms with Crippen LogP contribution in [0.1, 0.15) is 19.3 Å². The monoisotopic (exact) mass is 400 g/mol. The molecule has 0 atom stereocenters. The number of carbonyl (C=O) groups excluding carboxylic acids is 1. The average molecular weight is 400 g/mol. The van der Waals surface area contributed by atoms with Crippen LogP contribution in [0.5, 0.6) is 5.75 Å². The molecule has 0 bridgehead atoms. The molecule has 154 valence electrons. The summed E-state index contributed by atoms with van der Waals surface area (Å²) in [5.74, 6) is -0.446. The zero-order chi connectivity index (χ0) is 21.3. The molecule has 1 aliphatic rings. The SMILES string of the molecule is NC(=O)NCCC1CCNCC1.O=[N+]([O-])c1cc([N+](=O)[O-])c(O)c([N+](=O)[O-])c1. The molecule has 1 aromatic carbocycles. The molecule has 0 spiro atoms. The summed E-state index contributed by atoms with van der Waals surface area (Å²) in [4.78, 5) is 38.1. The Morgan fingerprint density at radius 3 is 2.00 bits per heavy atom. The first kappa shape index (κ1) is 22.5. The fourth-order valence-corrected chi connectivity index (χ4v) is 2.54. The highest BCUT2D eigenvalue weighted by Gasteiger charge is 2.30. The van der Waals surface area contributed by atoms with Crippen molar-refractivity contribution in [3.05, 3.63) is 42.5 Å². The Morgan fingerprint density at radius 1 is 1.11 bits per heavy atom. The lowest BCUT2D eigenvalue weighted by Crippen LogP contribution is -2.33. The number of urea groups is 1. The first-order chi connectivity index (χ1) is 13.1. The lowest BCUT2D eigenvalue weighted by molar-refractivity contribution is -0.404. The molecule has 1 fully saturated rings. The van der Waals surface area contributed by atoms with E-state index in [2.05, 4.69) is 10.6 Å². The van der Waals surface area contributed by atoms with Gasteiger partial charge in [-0.05, 0) is 38.3 Å². The normalized spacial score (nSPS) is 13.7. The number of nitrogens with one attached hydrogen (secondary N) is 2. The zero-order valence-electron chi connectivity index (χ0n) is 14.7. The minimum atomic E-state index is -1.21. The predicted octanol–water partition coefficient (Wildman–Crippen LogP) is 1.16. The van der Waals surface area contributed by atoms with Crippen molar-refractivity contribution in [3.63, 3.8) is 0 Å². The summed E-state index contributed by atoms with van der Waals surface area (Å²) in [6.45, 7) is 2.95. The minimum absolute atomic E-state index is 0.413. The number of phenols is 1. The van der Waals surface area contributed by atoms with Gasteiger partial charge in [-0.15, -0.1) is 0 Å². The molecule has 0 aliphatic carbocycles.